The number of rotatable bonds is 1. The zero-order valence-corrected chi connectivity index (χ0v) is 9.46. The lowest BCUT2D eigenvalue weighted by Crippen LogP contribution is -1.84. The molecule has 0 amide bonds. The molecule has 0 bridgehead atoms. The Hall–Kier alpha value is -1.80. The Morgan fingerprint density at radius 1 is 1.12 bits per heavy atom. The Bertz CT molecular complexity index is 688. The molecule has 17 heavy (non-hydrogen) atoms. The van der Waals surface area contributed by atoms with Gasteiger partial charge in [-0.15, -0.1) is 0 Å². The second-order valence-electron chi connectivity index (χ2n) is 3.72. The van der Waals surface area contributed by atoms with E-state index in [1.807, 2.05) is 0 Å². The molecule has 0 saturated carbocycles. The van der Waals surface area contributed by atoms with E-state index in [4.69, 9.17) is 16.0 Å². The van der Waals surface area contributed by atoms with Crippen molar-refractivity contribution in [3.63, 3.8) is 0 Å². The van der Waals surface area contributed by atoms with Crippen LogP contribution >= 0.6 is 11.6 Å². The van der Waals surface area contributed by atoms with Crippen LogP contribution in [0.25, 0.3) is 22.1 Å². The molecule has 0 N–H and O–H groups in total. The van der Waals surface area contributed by atoms with Gasteiger partial charge >= 0.3 is 0 Å². The van der Waals surface area contributed by atoms with E-state index in [0.29, 0.717) is 21.7 Å². The van der Waals surface area contributed by atoms with E-state index in [1.165, 1.54) is 6.07 Å². The third-order valence-electron chi connectivity index (χ3n) is 2.62. The number of benzene rings is 2. The molecule has 2 aromatic carbocycles. The minimum Gasteiger partial charge on any atom is -0.452 e. The molecule has 1 nitrogen and oxygen atoms in total. The van der Waals surface area contributed by atoms with Crippen molar-refractivity contribution >= 4 is 22.6 Å². The van der Waals surface area contributed by atoms with E-state index < -0.39 is 0 Å². The maximum atomic E-state index is 13.7. The van der Waals surface area contributed by atoms with Gasteiger partial charge in [-0.05, 0) is 24.3 Å². The zero-order chi connectivity index (χ0) is 11.8. The lowest BCUT2D eigenvalue weighted by molar-refractivity contribution is 0.604. The standard InChI is InChI=1S/C14H7ClFO/c15-10-7-9-5-6-17-14(9)12(8-10)11-3-1-2-4-13(11)16/h1-5,7-8H. The molecule has 1 radical (unpaired) electrons. The number of halogens is 2. The molecular formula is C14H7ClFO. The van der Waals surface area contributed by atoms with Gasteiger partial charge in [0, 0.05) is 21.5 Å². The van der Waals surface area contributed by atoms with Gasteiger partial charge in [0.1, 0.15) is 11.4 Å². The van der Waals surface area contributed by atoms with Crippen LogP contribution in [0, 0.1) is 12.1 Å². The van der Waals surface area contributed by atoms with Crippen LogP contribution in [0.1, 0.15) is 0 Å². The van der Waals surface area contributed by atoms with E-state index in [1.54, 1.807) is 36.4 Å². The van der Waals surface area contributed by atoms with Crippen molar-refractivity contribution in [1.29, 1.82) is 0 Å². The molecule has 3 aromatic rings. The molecule has 0 fully saturated rings. The van der Waals surface area contributed by atoms with Gasteiger partial charge in [-0.1, -0.05) is 29.8 Å². The number of fused-ring (bicyclic) bond motifs is 1. The molecule has 83 valence electrons. The molecule has 0 unspecified atom stereocenters. The highest BCUT2D eigenvalue weighted by molar-refractivity contribution is 6.31. The molecule has 3 heteroatoms. The fourth-order valence-corrected chi connectivity index (χ4v) is 2.09. The summed E-state index contributed by atoms with van der Waals surface area (Å²) in [5.74, 6) is -0.299. The summed E-state index contributed by atoms with van der Waals surface area (Å²) < 4.78 is 19.0. The summed E-state index contributed by atoms with van der Waals surface area (Å²) in [6.45, 7) is 0. The van der Waals surface area contributed by atoms with Gasteiger partial charge in [0.25, 0.3) is 0 Å². The van der Waals surface area contributed by atoms with Crippen LogP contribution in [0.5, 0.6) is 0 Å². The average Bonchev–Trinajstić information content (AvgIpc) is 2.76. The fourth-order valence-electron chi connectivity index (χ4n) is 1.87. The normalized spacial score (nSPS) is 10.9. The highest BCUT2D eigenvalue weighted by atomic mass is 35.5. The van der Waals surface area contributed by atoms with Gasteiger partial charge < -0.3 is 4.42 Å². The van der Waals surface area contributed by atoms with Crippen molar-refractivity contribution in [3.8, 4) is 11.1 Å². The quantitative estimate of drug-likeness (QED) is 0.606. The van der Waals surface area contributed by atoms with Crippen molar-refractivity contribution in [1.82, 2.24) is 0 Å². The number of hydrogen-bond acceptors (Lipinski definition) is 1. The first kappa shape index (κ1) is 10.4. The summed E-state index contributed by atoms with van der Waals surface area (Å²) in [6, 6.07) is 11.7. The third-order valence-corrected chi connectivity index (χ3v) is 2.84. The molecule has 0 atom stereocenters. The van der Waals surface area contributed by atoms with Crippen LogP contribution < -0.4 is 0 Å². The molecule has 3 rings (SSSR count). The maximum absolute atomic E-state index is 13.7. The zero-order valence-electron chi connectivity index (χ0n) is 8.71. The molecule has 0 aliphatic heterocycles. The van der Waals surface area contributed by atoms with Crippen LogP contribution in [0.3, 0.4) is 0 Å². The molecule has 0 saturated heterocycles. The summed E-state index contributed by atoms with van der Waals surface area (Å²) in [4.78, 5) is 0. The van der Waals surface area contributed by atoms with Crippen molar-refractivity contribution in [3.05, 3.63) is 59.6 Å². The van der Waals surface area contributed by atoms with E-state index >= 15 is 0 Å². The second-order valence-corrected chi connectivity index (χ2v) is 4.15. The van der Waals surface area contributed by atoms with Gasteiger partial charge in [-0.3, -0.25) is 0 Å². The first-order valence-corrected chi connectivity index (χ1v) is 5.47. The Morgan fingerprint density at radius 3 is 2.76 bits per heavy atom. The summed E-state index contributed by atoms with van der Waals surface area (Å²) >= 11 is 6.00. The van der Waals surface area contributed by atoms with Crippen LogP contribution in [0.4, 0.5) is 4.39 Å². The molecule has 0 aliphatic rings. The highest BCUT2D eigenvalue weighted by Gasteiger charge is 2.12. The monoisotopic (exact) mass is 245 g/mol. The molecule has 0 aliphatic carbocycles. The van der Waals surface area contributed by atoms with E-state index in [-0.39, 0.29) is 5.82 Å². The van der Waals surface area contributed by atoms with Crippen molar-refractivity contribution < 1.29 is 8.81 Å². The highest BCUT2D eigenvalue weighted by Crippen LogP contribution is 2.33. The Labute approximate surface area is 102 Å². The minimum atomic E-state index is -0.299. The Balaban J connectivity index is 2.37. The predicted octanol–water partition coefficient (Wildman–Crippen LogP) is 4.69. The molecule has 1 heterocycles. The molecule has 1 aromatic heterocycles. The summed E-state index contributed by atoms with van der Waals surface area (Å²) in [6.07, 6.45) is 2.64. The summed E-state index contributed by atoms with van der Waals surface area (Å²) in [5, 5.41) is 1.36. The van der Waals surface area contributed by atoms with Gasteiger partial charge in [0.15, 0.2) is 6.26 Å². The molecule has 0 spiro atoms. The van der Waals surface area contributed by atoms with Crippen molar-refractivity contribution in [2.45, 2.75) is 0 Å². The first-order valence-electron chi connectivity index (χ1n) is 5.10. The topological polar surface area (TPSA) is 13.1 Å². The van der Waals surface area contributed by atoms with Crippen molar-refractivity contribution in [2.75, 3.05) is 0 Å². The maximum Gasteiger partial charge on any atom is 0.170 e. The third kappa shape index (κ3) is 1.71. The molecular weight excluding hydrogens is 239 g/mol. The van der Waals surface area contributed by atoms with E-state index in [9.17, 15) is 4.39 Å². The largest absolute Gasteiger partial charge is 0.452 e. The smallest absolute Gasteiger partial charge is 0.170 e. The minimum absolute atomic E-state index is 0.299. The van der Waals surface area contributed by atoms with Gasteiger partial charge in [0.05, 0.1) is 0 Å². The van der Waals surface area contributed by atoms with E-state index in [2.05, 4.69) is 6.26 Å². The second kappa shape index (κ2) is 3.90. The number of furan rings is 1. The Morgan fingerprint density at radius 2 is 1.94 bits per heavy atom. The van der Waals surface area contributed by atoms with Crippen LogP contribution in [-0.2, 0) is 0 Å². The van der Waals surface area contributed by atoms with Crippen LogP contribution in [0.2, 0.25) is 5.02 Å². The van der Waals surface area contributed by atoms with E-state index in [0.717, 1.165) is 5.39 Å². The van der Waals surface area contributed by atoms with Gasteiger partial charge in [0.2, 0.25) is 0 Å². The summed E-state index contributed by atoms with van der Waals surface area (Å²) in [5.41, 5.74) is 1.72. The van der Waals surface area contributed by atoms with Crippen molar-refractivity contribution in [2.24, 2.45) is 0 Å². The van der Waals surface area contributed by atoms with Crippen LogP contribution in [-0.4, -0.2) is 0 Å². The fraction of sp³-hybridized carbons (Fsp3) is 0. The lowest BCUT2D eigenvalue weighted by Gasteiger charge is -2.04. The van der Waals surface area contributed by atoms with Crippen LogP contribution in [0.15, 0.2) is 46.9 Å². The predicted molar refractivity (Wildman–Crippen MR) is 65.5 cm³/mol. The van der Waals surface area contributed by atoms with Gasteiger partial charge in [-0.2, -0.15) is 0 Å². The Kier molecular flexibility index (Phi) is 2.37. The van der Waals surface area contributed by atoms with Gasteiger partial charge in [-0.25, -0.2) is 4.39 Å². The number of hydrogen-bond donors (Lipinski definition) is 0. The average molecular weight is 246 g/mol. The summed E-state index contributed by atoms with van der Waals surface area (Å²) in [7, 11) is 0. The first-order chi connectivity index (χ1) is 8.25. The lowest BCUT2D eigenvalue weighted by atomic mass is 10.0. The SMILES string of the molecule is Fc1ccccc1-c1cc(Cl)cc2c[c]oc12.